The first-order valence-electron chi connectivity index (χ1n) is 5.48. The van der Waals surface area contributed by atoms with Gasteiger partial charge in [-0.1, -0.05) is 17.3 Å². The van der Waals surface area contributed by atoms with Crippen LogP contribution in [0.15, 0.2) is 41.2 Å². The second-order valence-corrected chi connectivity index (χ2v) is 3.87. The summed E-state index contributed by atoms with van der Waals surface area (Å²) in [5.74, 6) is 1.61. The van der Waals surface area contributed by atoms with Crippen LogP contribution in [0, 0.1) is 0 Å². The molecule has 6 heteroatoms. The summed E-state index contributed by atoms with van der Waals surface area (Å²) in [6.07, 6.45) is 3.94. The van der Waals surface area contributed by atoms with E-state index in [-0.39, 0.29) is 0 Å². The molecule has 0 fully saturated rings. The molecule has 0 aliphatic carbocycles. The van der Waals surface area contributed by atoms with E-state index in [1.54, 1.807) is 12.4 Å². The third kappa shape index (κ3) is 2.08. The summed E-state index contributed by atoms with van der Waals surface area (Å²) >= 11 is 0. The molecular weight excluding hydrogens is 230 g/mol. The summed E-state index contributed by atoms with van der Waals surface area (Å²) in [7, 11) is 0. The monoisotopic (exact) mass is 241 g/mol. The normalized spacial score (nSPS) is 10.7. The highest BCUT2D eigenvalue weighted by molar-refractivity contribution is 5.42. The molecule has 2 heterocycles. The minimum atomic E-state index is 0.463. The molecule has 0 atom stereocenters. The van der Waals surface area contributed by atoms with Gasteiger partial charge in [0, 0.05) is 18.1 Å². The highest BCUT2D eigenvalue weighted by atomic mass is 16.5. The second kappa shape index (κ2) is 4.33. The van der Waals surface area contributed by atoms with Gasteiger partial charge in [0.2, 0.25) is 11.7 Å². The van der Waals surface area contributed by atoms with E-state index in [1.165, 1.54) is 0 Å². The van der Waals surface area contributed by atoms with Crippen LogP contribution in [0.1, 0.15) is 11.5 Å². The van der Waals surface area contributed by atoms with Crippen LogP contribution < -0.4 is 5.73 Å². The van der Waals surface area contributed by atoms with Crippen LogP contribution in [0.3, 0.4) is 0 Å². The largest absolute Gasteiger partial charge is 0.399 e. The van der Waals surface area contributed by atoms with Crippen LogP contribution in [0.2, 0.25) is 0 Å². The summed E-state index contributed by atoms with van der Waals surface area (Å²) in [6, 6.07) is 7.57. The van der Waals surface area contributed by atoms with Crippen molar-refractivity contribution in [1.82, 2.24) is 20.1 Å². The summed E-state index contributed by atoms with van der Waals surface area (Å²) in [5, 5.41) is 3.87. The minimum absolute atomic E-state index is 0.463. The Bertz CT molecular complexity index is 627. The zero-order valence-electron chi connectivity index (χ0n) is 9.50. The molecule has 18 heavy (non-hydrogen) atoms. The molecule has 0 aliphatic rings. The lowest BCUT2D eigenvalue weighted by Gasteiger charge is -1.96. The van der Waals surface area contributed by atoms with Crippen molar-refractivity contribution in [2.45, 2.75) is 6.42 Å². The second-order valence-electron chi connectivity index (χ2n) is 3.87. The molecule has 0 unspecified atom stereocenters. The molecule has 3 rings (SSSR count). The average molecular weight is 241 g/mol. The SMILES string of the molecule is Nc1ccc(Cc2nc(-c3ncc[nH]3)no2)cc1. The highest BCUT2D eigenvalue weighted by Gasteiger charge is 2.10. The number of anilines is 1. The zero-order valence-corrected chi connectivity index (χ0v) is 9.50. The lowest BCUT2D eigenvalue weighted by molar-refractivity contribution is 0.385. The molecule has 0 amide bonds. The van der Waals surface area contributed by atoms with Crippen molar-refractivity contribution in [3.05, 3.63) is 48.1 Å². The van der Waals surface area contributed by atoms with E-state index in [0.29, 0.717) is 24.0 Å². The Balaban J connectivity index is 1.80. The number of nitrogens with zero attached hydrogens (tertiary/aromatic N) is 3. The minimum Gasteiger partial charge on any atom is -0.399 e. The van der Waals surface area contributed by atoms with Crippen LogP contribution in [0.4, 0.5) is 5.69 Å². The number of H-pyrrole nitrogens is 1. The highest BCUT2D eigenvalue weighted by Crippen LogP contribution is 2.14. The lowest BCUT2D eigenvalue weighted by atomic mass is 10.1. The van der Waals surface area contributed by atoms with Gasteiger partial charge >= 0.3 is 0 Å². The molecular formula is C12H11N5O. The molecule has 3 N–H and O–H groups in total. The summed E-state index contributed by atoms with van der Waals surface area (Å²) in [5.41, 5.74) is 7.43. The quantitative estimate of drug-likeness (QED) is 0.680. The number of aromatic amines is 1. The van der Waals surface area contributed by atoms with Crippen molar-refractivity contribution in [2.75, 3.05) is 5.73 Å². The van der Waals surface area contributed by atoms with Crippen LogP contribution >= 0.6 is 0 Å². The van der Waals surface area contributed by atoms with Gasteiger partial charge in [0.25, 0.3) is 0 Å². The Labute approximate surface area is 103 Å². The van der Waals surface area contributed by atoms with E-state index in [4.69, 9.17) is 10.3 Å². The number of nitrogen functional groups attached to an aromatic ring is 1. The molecule has 0 saturated carbocycles. The van der Waals surface area contributed by atoms with E-state index < -0.39 is 0 Å². The maximum atomic E-state index is 5.62. The molecule has 0 bridgehead atoms. The molecule has 0 aliphatic heterocycles. The van der Waals surface area contributed by atoms with Gasteiger partial charge in [-0.05, 0) is 17.7 Å². The first kappa shape index (κ1) is 10.5. The standard InChI is InChI=1S/C12H11N5O/c13-9-3-1-8(2-4-9)7-10-16-12(17-18-10)11-14-5-6-15-11/h1-6H,7,13H2,(H,14,15). The van der Waals surface area contributed by atoms with Crippen molar-refractivity contribution >= 4 is 5.69 Å². The maximum Gasteiger partial charge on any atom is 0.238 e. The van der Waals surface area contributed by atoms with Crippen molar-refractivity contribution in [3.63, 3.8) is 0 Å². The number of nitrogens with one attached hydrogen (secondary N) is 1. The van der Waals surface area contributed by atoms with Gasteiger partial charge in [0.1, 0.15) is 0 Å². The number of hydrogen-bond acceptors (Lipinski definition) is 5. The van der Waals surface area contributed by atoms with Gasteiger partial charge in [-0.25, -0.2) is 4.98 Å². The van der Waals surface area contributed by atoms with E-state index >= 15 is 0 Å². The Morgan fingerprint density at radius 1 is 1.22 bits per heavy atom. The molecule has 6 nitrogen and oxygen atoms in total. The van der Waals surface area contributed by atoms with Crippen molar-refractivity contribution in [3.8, 4) is 11.6 Å². The Hall–Kier alpha value is -2.63. The van der Waals surface area contributed by atoms with Crippen LogP contribution in [-0.2, 0) is 6.42 Å². The van der Waals surface area contributed by atoms with E-state index in [0.717, 1.165) is 11.3 Å². The third-order valence-corrected chi connectivity index (χ3v) is 2.51. The number of rotatable bonds is 3. The zero-order chi connectivity index (χ0) is 12.4. The Morgan fingerprint density at radius 3 is 2.78 bits per heavy atom. The van der Waals surface area contributed by atoms with E-state index in [2.05, 4.69) is 20.1 Å². The fourth-order valence-corrected chi connectivity index (χ4v) is 1.62. The Kier molecular flexibility index (Phi) is 2.53. The van der Waals surface area contributed by atoms with Gasteiger partial charge in [-0.15, -0.1) is 0 Å². The molecule has 2 aromatic heterocycles. The average Bonchev–Trinajstić information content (AvgIpc) is 3.02. The van der Waals surface area contributed by atoms with Crippen LogP contribution in [0.25, 0.3) is 11.6 Å². The van der Waals surface area contributed by atoms with Gasteiger partial charge in [-0.2, -0.15) is 4.98 Å². The summed E-state index contributed by atoms with van der Waals surface area (Å²) < 4.78 is 5.17. The first-order valence-corrected chi connectivity index (χ1v) is 5.48. The van der Waals surface area contributed by atoms with Gasteiger partial charge in [-0.3, -0.25) is 0 Å². The van der Waals surface area contributed by atoms with Crippen molar-refractivity contribution < 1.29 is 4.52 Å². The molecule has 1 aromatic carbocycles. The van der Waals surface area contributed by atoms with E-state index in [1.807, 2.05) is 24.3 Å². The predicted octanol–water partition coefficient (Wildman–Crippen LogP) is 1.63. The number of imidazole rings is 1. The van der Waals surface area contributed by atoms with Gasteiger partial charge in [0.05, 0.1) is 6.42 Å². The molecule has 3 aromatic rings. The molecule has 0 spiro atoms. The number of benzene rings is 1. The number of nitrogens with two attached hydrogens (primary N) is 1. The van der Waals surface area contributed by atoms with E-state index in [9.17, 15) is 0 Å². The lowest BCUT2D eigenvalue weighted by Crippen LogP contribution is -1.90. The maximum absolute atomic E-state index is 5.62. The number of hydrogen-bond donors (Lipinski definition) is 2. The third-order valence-electron chi connectivity index (χ3n) is 2.51. The smallest absolute Gasteiger partial charge is 0.238 e. The topological polar surface area (TPSA) is 93.6 Å². The summed E-state index contributed by atoms with van der Waals surface area (Å²) in [4.78, 5) is 11.3. The summed E-state index contributed by atoms with van der Waals surface area (Å²) in [6.45, 7) is 0. The molecule has 0 saturated heterocycles. The Morgan fingerprint density at radius 2 is 2.06 bits per heavy atom. The van der Waals surface area contributed by atoms with Gasteiger partial charge < -0.3 is 15.2 Å². The van der Waals surface area contributed by atoms with Crippen LogP contribution in [0.5, 0.6) is 0 Å². The van der Waals surface area contributed by atoms with Gasteiger partial charge in [0.15, 0.2) is 5.82 Å². The number of aromatic nitrogens is 4. The molecule has 0 radical (unpaired) electrons. The van der Waals surface area contributed by atoms with Crippen molar-refractivity contribution in [1.29, 1.82) is 0 Å². The predicted molar refractivity (Wildman–Crippen MR) is 65.5 cm³/mol. The fraction of sp³-hybridized carbons (Fsp3) is 0.0833. The fourth-order valence-electron chi connectivity index (χ4n) is 1.62. The van der Waals surface area contributed by atoms with Crippen molar-refractivity contribution in [2.24, 2.45) is 0 Å². The first-order chi connectivity index (χ1) is 8.81. The molecule has 90 valence electrons. The van der Waals surface area contributed by atoms with Crippen LogP contribution in [-0.4, -0.2) is 20.1 Å².